The molecule has 80 valence electrons. The fourth-order valence-corrected chi connectivity index (χ4v) is 1.66. The van der Waals surface area contributed by atoms with Crippen LogP contribution in [0.5, 0.6) is 0 Å². The highest BCUT2D eigenvalue weighted by Gasteiger charge is 2.34. The highest BCUT2D eigenvalue weighted by atomic mass is 16.2. The van der Waals surface area contributed by atoms with Gasteiger partial charge in [-0.15, -0.1) is 0 Å². The molecule has 2 saturated carbocycles. The van der Waals surface area contributed by atoms with Crippen LogP contribution in [0.4, 0.5) is 4.79 Å². The molecule has 2 amide bonds. The molecule has 0 unspecified atom stereocenters. The fourth-order valence-electron chi connectivity index (χ4n) is 1.66. The van der Waals surface area contributed by atoms with Crippen LogP contribution in [0.25, 0.3) is 0 Å². The molecule has 0 aliphatic heterocycles. The minimum Gasteiger partial charge on any atom is -0.335 e. The Hall–Kier alpha value is -0.730. The van der Waals surface area contributed by atoms with Gasteiger partial charge in [0.25, 0.3) is 0 Å². The number of nitrogens with one attached hydrogen (secondary N) is 1. The van der Waals surface area contributed by atoms with Crippen LogP contribution in [0.15, 0.2) is 0 Å². The third kappa shape index (κ3) is 2.63. The van der Waals surface area contributed by atoms with E-state index in [0.717, 1.165) is 6.54 Å². The summed E-state index contributed by atoms with van der Waals surface area (Å²) < 4.78 is 0. The Balaban J connectivity index is 1.83. The van der Waals surface area contributed by atoms with Crippen LogP contribution in [0.3, 0.4) is 0 Å². The van der Waals surface area contributed by atoms with Crippen LogP contribution in [-0.2, 0) is 0 Å². The summed E-state index contributed by atoms with van der Waals surface area (Å²) in [7, 11) is 0. The summed E-state index contributed by atoms with van der Waals surface area (Å²) in [5, 5.41) is 3.07. The summed E-state index contributed by atoms with van der Waals surface area (Å²) in [5.41, 5.74) is 0. The molecule has 2 aliphatic rings. The summed E-state index contributed by atoms with van der Waals surface area (Å²) in [4.78, 5) is 13.9. The zero-order valence-electron chi connectivity index (χ0n) is 9.12. The van der Waals surface area contributed by atoms with E-state index in [1.807, 2.05) is 4.90 Å². The number of rotatable bonds is 4. The van der Waals surface area contributed by atoms with Crippen molar-refractivity contribution in [3.05, 3.63) is 0 Å². The van der Waals surface area contributed by atoms with E-state index in [1.54, 1.807) is 0 Å². The lowest BCUT2D eigenvalue weighted by molar-refractivity contribution is 0.187. The average molecular weight is 196 g/mol. The second-order valence-corrected chi connectivity index (χ2v) is 5.00. The number of amides is 2. The van der Waals surface area contributed by atoms with Crippen LogP contribution in [0.1, 0.15) is 39.5 Å². The van der Waals surface area contributed by atoms with Gasteiger partial charge in [0, 0.05) is 18.6 Å². The molecule has 2 aliphatic carbocycles. The first-order valence-corrected chi connectivity index (χ1v) is 5.74. The van der Waals surface area contributed by atoms with E-state index in [2.05, 4.69) is 19.2 Å². The van der Waals surface area contributed by atoms with Crippen molar-refractivity contribution < 1.29 is 4.79 Å². The first-order valence-electron chi connectivity index (χ1n) is 5.74. The van der Waals surface area contributed by atoms with Gasteiger partial charge in [0.05, 0.1) is 0 Å². The predicted octanol–water partition coefficient (Wildman–Crippen LogP) is 1.98. The van der Waals surface area contributed by atoms with Gasteiger partial charge in [0.15, 0.2) is 0 Å². The normalized spacial score (nSPS) is 21.1. The van der Waals surface area contributed by atoms with Gasteiger partial charge in [0.1, 0.15) is 0 Å². The maximum absolute atomic E-state index is 11.8. The smallest absolute Gasteiger partial charge is 0.317 e. The van der Waals surface area contributed by atoms with Crippen molar-refractivity contribution in [1.29, 1.82) is 0 Å². The summed E-state index contributed by atoms with van der Waals surface area (Å²) in [6, 6.07) is 1.19. The molecule has 0 aromatic carbocycles. The molecule has 0 atom stereocenters. The number of urea groups is 1. The zero-order chi connectivity index (χ0) is 10.1. The molecular weight excluding hydrogens is 176 g/mol. The first-order chi connectivity index (χ1) is 6.66. The van der Waals surface area contributed by atoms with Crippen molar-refractivity contribution in [2.75, 3.05) is 6.54 Å². The van der Waals surface area contributed by atoms with Crippen LogP contribution < -0.4 is 5.32 Å². The standard InChI is InChI=1S/C11H20N2O/c1-8(2)7-13(10-5-6-10)11(14)12-9-3-4-9/h8-10H,3-7H2,1-2H3,(H,12,14). The van der Waals surface area contributed by atoms with Gasteiger partial charge in [-0.1, -0.05) is 13.8 Å². The van der Waals surface area contributed by atoms with E-state index < -0.39 is 0 Å². The molecule has 0 radical (unpaired) electrons. The van der Waals surface area contributed by atoms with Crippen molar-refractivity contribution in [3.8, 4) is 0 Å². The first kappa shape index (κ1) is 9.81. The van der Waals surface area contributed by atoms with Crippen molar-refractivity contribution in [3.63, 3.8) is 0 Å². The quantitative estimate of drug-likeness (QED) is 0.732. The third-order valence-electron chi connectivity index (χ3n) is 2.72. The molecular formula is C11H20N2O. The molecule has 0 spiro atoms. The summed E-state index contributed by atoms with van der Waals surface area (Å²) in [5.74, 6) is 0.570. The fraction of sp³-hybridized carbons (Fsp3) is 0.909. The number of carbonyl (C=O) groups is 1. The number of hydrogen-bond acceptors (Lipinski definition) is 1. The van der Waals surface area contributed by atoms with E-state index in [0.29, 0.717) is 18.0 Å². The molecule has 2 rings (SSSR count). The van der Waals surface area contributed by atoms with Crippen LogP contribution >= 0.6 is 0 Å². The Labute approximate surface area is 85.8 Å². The second-order valence-electron chi connectivity index (χ2n) is 5.00. The zero-order valence-corrected chi connectivity index (χ0v) is 9.12. The molecule has 1 N–H and O–H groups in total. The average Bonchev–Trinajstić information content (AvgIpc) is 2.93. The largest absolute Gasteiger partial charge is 0.335 e. The Morgan fingerprint density at radius 3 is 2.43 bits per heavy atom. The van der Waals surface area contributed by atoms with Crippen molar-refractivity contribution in [1.82, 2.24) is 10.2 Å². The van der Waals surface area contributed by atoms with Crippen LogP contribution in [0.2, 0.25) is 0 Å². The van der Waals surface area contributed by atoms with Gasteiger partial charge in [-0.2, -0.15) is 0 Å². The molecule has 0 aromatic heterocycles. The lowest BCUT2D eigenvalue weighted by atomic mass is 10.2. The number of carbonyl (C=O) groups excluding carboxylic acids is 1. The van der Waals surface area contributed by atoms with Crippen molar-refractivity contribution in [2.24, 2.45) is 5.92 Å². The Kier molecular flexibility index (Phi) is 2.66. The molecule has 3 heteroatoms. The Morgan fingerprint density at radius 2 is 2.00 bits per heavy atom. The van der Waals surface area contributed by atoms with Crippen LogP contribution in [0, 0.1) is 5.92 Å². The number of nitrogens with zero attached hydrogens (tertiary/aromatic N) is 1. The molecule has 0 bridgehead atoms. The molecule has 3 nitrogen and oxygen atoms in total. The van der Waals surface area contributed by atoms with Gasteiger partial charge in [-0.05, 0) is 31.6 Å². The minimum absolute atomic E-state index is 0.170. The summed E-state index contributed by atoms with van der Waals surface area (Å²) in [6.45, 7) is 5.24. The maximum atomic E-state index is 11.8. The summed E-state index contributed by atoms with van der Waals surface area (Å²) in [6.07, 6.45) is 4.74. The van der Waals surface area contributed by atoms with E-state index in [-0.39, 0.29) is 6.03 Å². The Bertz CT molecular complexity index is 219. The van der Waals surface area contributed by atoms with Crippen molar-refractivity contribution in [2.45, 2.75) is 51.6 Å². The van der Waals surface area contributed by atoms with Gasteiger partial charge in [-0.3, -0.25) is 0 Å². The SMILES string of the molecule is CC(C)CN(C(=O)NC1CC1)C1CC1. The van der Waals surface area contributed by atoms with E-state index >= 15 is 0 Å². The monoisotopic (exact) mass is 196 g/mol. The van der Waals surface area contributed by atoms with Crippen LogP contribution in [-0.4, -0.2) is 29.6 Å². The molecule has 0 saturated heterocycles. The van der Waals surface area contributed by atoms with Gasteiger partial charge >= 0.3 is 6.03 Å². The third-order valence-corrected chi connectivity index (χ3v) is 2.72. The van der Waals surface area contributed by atoms with E-state index in [4.69, 9.17) is 0 Å². The molecule has 0 heterocycles. The second kappa shape index (κ2) is 3.79. The lowest BCUT2D eigenvalue weighted by Gasteiger charge is -2.24. The Morgan fingerprint density at radius 1 is 1.36 bits per heavy atom. The topological polar surface area (TPSA) is 32.3 Å². The lowest BCUT2D eigenvalue weighted by Crippen LogP contribution is -2.44. The van der Waals surface area contributed by atoms with E-state index in [1.165, 1.54) is 25.7 Å². The highest BCUT2D eigenvalue weighted by molar-refractivity contribution is 5.75. The van der Waals surface area contributed by atoms with Gasteiger partial charge in [-0.25, -0.2) is 4.79 Å². The predicted molar refractivity (Wildman–Crippen MR) is 56.1 cm³/mol. The highest BCUT2D eigenvalue weighted by Crippen LogP contribution is 2.28. The summed E-state index contributed by atoms with van der Waals surface area (Å²) >= 11 is 0. The molecule has 14 heavy (non-hydrogen) atoms. The number of hydrogen-bond donors (Lipinski definition) is 1. The minimum atomic E-state index is 0.170. The maximum Gasteiger partial charge on any atom is 0.317 e. The molecule has 2 fully saturated rings. The van der Waals surface area contributed by atoms with Gasteiger partial charge < -0.3 is 10.2 Å². The van der Waals surface area contributed by atoms with Gasteiger partial charge in [0.2, 0.25) is 0 Å². The van der Waals surface area contributed by atoms with E-state index in [9.17, 15) is 4.79 Å². The van der Waals surface area contributed by atoms with Crippen molar-refractivity contribution >= 4 is 6.03 Å². The molecule has 0 aromatic rings.